The summed E-state index contributed by atoms with van der Waals surface area (Å²) in [5.41, 5.74) is 1.99. The SMILES string of the molecule is Cc1ccc(C(=O)N2CC(C)CC(C)C2)cc1NC(=O)CNC(=O)c1c[nH]c2ccccc2c1=O. The van der Waals surface area contributed by atoms with Gasteiger partial charge in [-0.2, -0.15) is 0 Å². The Kier molecular flexibility index (Phi) is 7.00. The van der Waals surface area contributed by atoms with E-state index in [2.05, 4.69) is 29.5 Å². The third-order valence-corrected chi connectivity index (χ3v) is 6.36. The molecule has 1 fully saturated rings. The zero-order valence-electron chi connectivity index (χ0n) is 20.2. The summed E-state index contributed by atoms with van der Waals surface area (Å²) in [6.45, 7) is 7.26. The van der Waals surface area contributed by atoms with E-state index in [0.29, 0.717) is 34.0 Å². The molecule has 8 heteroatoms. The van der Waals surface area contributed by atoms with Gasteiger partial charge >= 0.3 is 0 Å². The van der Waals surface area contributed by atoms with E-state index in [9.17, 15) is 19.2 Å². The zero-order chi connectivity index (χ0) is 25.1. The summed E-state index contributed by atoms with van der Waals surface area (Å²) in [6, 6.07) is 12.1. The Morgan fingerprint density at radius 2 is 1.77 bits per heavy atom. The van der Waals surface area contributed by atoms with Crippen LogP contribution in [0.1, 0.15) is 46.5 Å². The third kappa shape index (κ3) is 5.42. The van der Waals surface area contributed by atoms with Gasteiger partial charge in [0, 0.05) is 41.4 Å². The first kappa shape index (κ1) is 24.2. The van der Waals surface area contributed by atoms with Crippen LogP contribution in [-0.4, -0.2) is 47.2 Å². The van der Waals surface area contributed by atoms with E-state index in [1.807, 2.05) is 11.8 Å². The van der Waals surface area contributed by atoms with Gasteiger partial charge < -0.3 is 20.5 Å². The summed E-state index contributed by atoms with van der Waals surface area (Å²) in [5, 5.41) is 5.67. The van der Waals surface area contributed by atoms with Gasteiger partial charge in [0.15, 0.2) is 0 Å². The fraction of sp³-hybridized carbons (Fsp3) is 0.333. The van der Waals surface area contributed by atoms with Crippen molar-refractivity contribution in [2.75, 3.05) is 25.0 Å². The molecule has 182 valence electrons. The Morgan fingerprint density at radius 3 is 2.51 bits per heavy atom. The van der Waals surface area contributed by atoms with Crippen LogP contribution in [0.25, 0.3) is 10.9 Å². The number of para-hydroxylation sites is 1. The summed E-state index contributed by atoms with van der Waals surface area (Å²) in [4.78, 5) is 55.6. The molecule has 0 saturated carbocycles. The average Bonchev–Trinajstić information content (AvgIpc) is 2.83. The minimum absolute atomic E-state index is 0.0530. The van der Waals surface area contributed by atoms with Crippen LogP contribution in [0.2, 0.25) is 0 Å². The Balaban J connectivity index is 1.41. The Hall–Kier alpha value is -3.94. The van der Waals surface area contributed by atoms with E-state index in [1.54, 1.807) is 42.5 Å². The molecule has 2 heterocycles. The molecule has 2 atom stereocenters. The number of hydrogen-bond donors (Lipinski definition) is 3. The zero-order valence-corrected chi connectivity index (χ0v) is 20.2. The second-order valence-corrected chi connectivity index (χ2v) is 9.49. The Labute approximate surface area is 203 Å². The molecule has 3 amide bonds. The van der Waals surface area contributed by atoms with Crippen molar-refractivity contribution in [1.29, 1.82) is 0 Å². The molecule has 0 radical (unpaired) electrons. The van der Waals surface area contributed by atoms with Gasteiger partial charge in [-0.1, -0.05) is 32.0 Å². The van der Waals surface area contributed by atoms with E-state index < -0.39 is 17.2 Å². The Bertz CT molecular complexity index is 1340. The summed E-state index contributed by atoms with van der Waals surface area (Å²) in [5.74, 6) is -0.246. The molecule has 4 rings (SSSR count). The number of pyridine rings is 1. The predicted octanol–water partition coefficient (Wildman–Crippen LogP) is 3.32. The minimum atomic E-state index is -0.638. The summed E-state index contributed by atoms with van der Waals surface area (Å²) >= 11 is 0. The highest BCUT2D eigenvalue weighted by Gasteiger charge is 2.26. The maximum absolute atomic E-state index is 13.1. The first-order valence-corrected chi connectivity index (χ1v) is 11.8. The maximum Gasteiger partial charge on any atom is 0.257 e. The smallest absolute Gasteiger partial charge is 0.257 e. The second-order valence-electron chi connectivity index (χ2n) is 9.49. The number of aromatic nitrogens is 1. The van der Waals surface area contributed by atoms with Crippen molar-refractivity contribution in [3.63, 3.8) is 0 Å². The normalized spacial score (nSPS) is 17.7. The van der Waals surface area contributed by atoms with Crippen LogP contribution < -0.4 is 16.1 Å². The number of hydrogen-bond acceptors (Lipinski definition) is 4. The monoisotopic (exact) mass is 474 g/mol. The lowest BCUT2D eigenvalue weighted by atomic mass is 9.91. The van der Waals surface area contributed by atoms with Crippen LogP contribution in [0.4, 0.5) is 5.69 Å². The third-order valence-electron chi connectivity index (χ3n) is 6.36. The van der Waals surface area contributed by atoms with Gasteiger partial charge in [0.25, 0.3) is 11.8 Å². The molecule has 35 heavy (non-hydrogen) atoms. The van der Waals surface area contributed by atoms with Gasteiger partial charge in [-0.15, -0.1) is 0 Å². The number of anilines is 1. The first-order valence-electron chi connectivity index (χ1n) is 11.8. The van der Waals surface area contributed by atoms with Crippen LogP contribution >= 0.6 is 0 Å². The topological polar surface area (TPSA) is 111 Å². The van der Waals surface area contributed by atoms with Crippen LogP contribution in [-0.2, 0) is 4.79 Å². The number of piperidine rings is 1. The van der Waals surface area contributed by atoms with Gasteiger partial charge in [-0.3, -0.25) is 19.2 Å². The molecular formula is C27H30N4O4. The molecule has 0 aliphatic carbocycles. The first-order chi connectivity index (χ1) is 16.7. The van der Waals surface area contributed by atoms with E-state index in [4.69, 9.17) is 0 Å². The van der Waals surface area contributed by atoms with E-state index in [1.165, 1.54) is 6.20 Å². The highest BCUT2D eigenvalue weighted by atomic mass is 16.2. The lowest BCUT2D eigenvalue weighted by Gasteiger charge is -2.35. The van der Waals surface area contributed by atoms with E-state index in [-0.39, 0.29) is 18.0 Å². The lowest BCUT2D eigenvalue weighted by molar-refractivity contribution is -0.115. The quantitative estimate of drug-likeness (QED) is 0.527. The van der Waals surface area contributed by atoms with Crippen molar-refractivity contribution in [3.05, 3.63) is 75.6 Å². The molecule has 8 nitrogen and oxygen atoms in total. The molecule has 1 aliphatic rings. The molecule has 1 aliphatic heterocycles. The molecule has 1 aromatic heterocycles. The number of rotatable bonds is 5. The van der Waals surface area contributed by atoms with Crippen LogP contribution in [0.5, 0.6) is 0 Å². The predicted molar refractivity (Wildman–Crippen MR) is 136 cm³/mol. The van der Waals surface area contributed by atoms with Gasteiger partial charge in [0.2, 0.25) is 11.3 Å². The van der Waals surface area contributed by atoms with Crippen LogP contribution in [0.3, 0.4) is 0 Å². The van der Waals surface area contributed by atoms with Crippen molar-refractivity contribution in [3.8, 4) is 0 Å². The molecule has 3 N–H and O–H groups in total. The highest BCUT2D eigenvalue weighted by molar-refractivity contribution is 6.02. The number of carbonyl (C=O) groups is 3. The van der Waals surface area contributed by atoms with Crippen molar-refractivity contribution in [2.45, 2.75) is 27.2 Å². The number of amides is 3. The molecule has 0 spiro atoms. The number of benzene rings is 2. The number of aromatic amines is 1. The fourth-order valence-electron chi connectivity index (χ4n) is 4.69. The van der Waals surface area contributed by atoms with E-state index in [0.717, 1.165) is 25.1 Å². The van der Waals surface area contributed by atoms with Crippen molar-refractivity contribution < 1.29 is 14.4 Å². The van der Waals surface area contributed by atoms with Gasteiger partial charge in [-0.25, -0.2) is 0 Å². The number of fused-ring (bicyclic) bond motifs is 1. The molecule has 2 aromatic carbocycles. The van der Waals surface area contributed by atoms with Gasteiger partial charge in [-0.05, 0) is 55.0 Å². The van der Waals surface area contributed by atoms with Gasteiger partial charge in [0.1, 0.15) is 5.56 Å². The summed E-state index contributed by atoms with van der Waals surface area (Å²) in [6.07, 6.45) is 2.45. The van der Waals surface area contributed by atoms with E-state index >= 15 is 0 Å². The van der Waals surface area contributed by atoms with Crippen molar-refractivity contribution >= 4 is 34.3 Å². The number of likely N-dealkylation sites (tertiary alicyclic amines) is 1. The highest BCUT2D eigenvalue weighted by Crippen LogP contribution is 2.24. The molecule has 0 bridgehead atoms. The number of carbonyl (C=O) groups excluding carboxylic acids is 3. The summed E-state index contributed by atoms with van der Waals surface area (Å²) in [7, 11) is 0. The molecule has 1 saturated heterocycles. The number of aryl methyl sites for hydroxylation is 1. The summed E-state index contributed by atoms with van der Waals surface area (Å²) < 4.78 is 0. The number of nitrogens with zero attached hydrogens (tertiary/aromatic N) is 1. The number of H-pyrrole nitrogens is 1. The lowest BCUT2D eigenvalue weighted by Crippen LogP contribution is -2.42. The molecule has 2 unspecified atom stereocenters. The van der Waals surface area contributed by atoms with Crippen LogP contribution in [0.15, 0.2) is 53.5 Å². The fourth-order valence-corrected chi connectivity index (χ4v) is 4.69. The number of nitrogens with one attached hydrogen (secondary N) is 3. The van der Waals surface area contributed by atoms with Crippen molar-refractivity contribution in [1.82, 2.24) is 15.2 Å². The van der Waals surface area contributed by atoms with Crippen molar-refractivity contribution in [2.24, 2.45) is 11.8 Å². The standard InChI is InChI=1S/C27H30N4O4/c1-16-10-17(2)15-31(14-16)27(35)19-9-8-18(3)23(11-19)30-24(32)13-29-26(34)21-12-28-22-7-5-4-6-20(22)25(21)33/h4-9,11-12,16-17H,10,13-15H2,1-3H3,(H,28,33)(H,29,34)(H,30,32). The average molecular weight is 475 g/mol. The van der Waals surface area contributed by atoms with Gasteiger partial charge in [0.05, 0.1) is 6.54 Å². The second kappa shape index (κ2) is 10.1. The molecule has 3 aromatic rings. The largest absolute Gasteiger partial charge is 0.360 e. The molecular weight excluding hydrogens is 444 g/mol. The van der Waals surface area contributed by atoms with Crippen LogP contribution in [0, 0.1) is 18.8 Å². The Morgan fingerprint density at radius 1 is 1.06 bits per heavy atom. The minimum Gasteiger partial charge on any atom is -0.360 e. The maximum atomic E-state index is 13.1.